The highest BCUT2D eigenvalue weighted by molar-refractivity contribution is 5.81. The van der Waals surface area contributed by atoms with Crippen LogP contribution in [0.1, 0.15) is 12.0 Å². The zero-order chi connectivity index (χ0) is 16.4. The van der Waals surface area contributed by atoms with Crippen LogP contribution in [0.25, 0.3) is 11.1 Å². The molecular formula is C18H18N2O3. The van der Waals surface area contributed by atoms with Crippen LogP contribution in [-0.2, 0) is 11.3 Å². The van der Waals surface area contributed by atoms with Gasteiger partial charge in [-0.25, -0.2) is 0 Å². The number of amides is 1. The van der Waals surface area contributed by atoms with Gasteiger partial charge < -0.3 is 4.90 Å². The lowest BCUT2D eigenvalue weighted by atomic mass is 10.0. The van der Waals surface area contributed by atoms with Crippen LogP contribution in [0.2, 0.25) is 0 Å². The highest BCUT2D eigenvalue weighted by atomic mass is 16.6. The molecule has 1 aliphatic carbocycles. The van der Waals surface area contributed by atoms with Crippen LogP contribution in [0.5, 0.6) is 0 Å². The summed E-state index contributed by atoms with van der Waals surface area (Å²) in [6.07, 6.45) is 0.364. The predicted molar refractivity (Wildman–Crippen MR) is 87.2 cm³/mol. The van der Waals surface area contributed by atoms with E-state index in [1.165, 1.54) is 0 Å². The first-order valence-corrected chi connectivity index (χ1v) is 7.59. The second kappa shape index (κ2) is 6.20. The first-order valence-electron chi connectivity index (χ1n) is 7.59. The van der Waals surface area contributed by atoms with Gasteiger partial charge in [-0.05, 0) is 16.7 Å². The maximum Gasteiger partial charge on any atom is 0.232 e. The molecule has 2 atom stereocenters. The molecule has 1 amide bonds. The summed E-state index contributed by atoms with van der Waals surface area (Å²) in [7, 11) is 1.70. The second-order valence-electron chi connectivity index (χ2n) is 5.95. The lowest BCUT2D eigenvalue weighted by Gasteiger charge is -2.17. The summed E-state index contributed by atoms with van der Waals surface area (Å²) in [6, 6.07) is 17.4. The molecule has 0 unspecified atom stereocenters. The zero-order valence-electron chi connectivity index (χ0n) is 12.9. The van der Waals surface area contributed by atoms with E-state index in [1.54, 1.807) is 11.9 Å². The van der Waals surface area contributed by atoms with Crippen molar-refractivity contribution in [1.29, 1.82) is 0 Å². The van der Waals surface area contributed by atoms with E-state index in [9.17, 15) is 14.9 Å². The van der Waals surface area contributed by atoms with Crippen LogP contribution in [0.15, 0.2) is 54.6 Å². The third-order valence-electron chi connectivity index (χ3n) is 4.20. The molecule has 5 nitrogen and oxygen atoms in total. The molecule has 0 aromatic heterocycles. The van der Waals surface area contributed by atoms with Crippen molar-refractivity contribution in [1.82, 2.24) is 4.90 Å². The first-order chi connectivity index (χ1) is 11.1. The number of benzene rings is 2. The number of nitro groups is 1. The average molecular weight is 310 g/mol. The second-order valence-corrected chi connectivity index (χ2v) is 5.95. The van der Waals surface area contributed by atoms with E-state index in [0.717, 1.165) is 16.7 Å². The smallest absolute Gasteiger partial charge is 0.232 e. The number of hydrogen-bond donors (Lipinski definition) is 0. The molecule has 2 aromatic carbocycles. The van der Waals surface area contributed by atoms with Crippen molar-refractivity contribution in [3.63, 3.8) is 0 Å². The minimum Gasteiger partial charge on any atom is -0.341 e. The molecule has 1 aliphatic rings. The minimum absolute atomic E-state index is 0.140. The molecule has 118 valence electrons. The van der Waals surface area contributed by atoms with Crippen LogP contribution in [-0.4, -0.2) is 28.8 Å². The lowest BCUT2D eigenvalue weighted by Crippen LogP contribution is -2.29. The fourth-order valence-corrected chi connectivity index (χ4v) is 2.75. The summed E-state index contributed by atoms with van der Waals surface area (Å²) < 4.78 is 0. The largest absolute Gasteiger partial charge is 0.341 e. The Balaban J connectivity index is 1.62. The summed E-state index contributed by atoms with van der Waals surface area (Å²) in [5.41, 5.74) is 3.29. The van der Waals surface area contributed by atoms with Gasteiger partial charge in [-0.3, -0.25) is 14.9 Å². The highest BCUT2D eigenvalue weighted by Crippen LogP contribution is 2.34. The summed E-state index contributed by atoms with van der Waals surface area (Å²) in [6.45, 7) is 0.467. The zero-order valence-corrected chi connectivity index (χ0v) is 12.9. The molecule has 0 N–H and O–H groups in total. The van der Waals surface area contributed by atoms with Gasteiger partial charge in [0.15, 0.2) is 0 Å². The van der Waals surface area contributed by atoms with Gasteiger partial charge in [0.05, 0.1) is 0 Å². The molecule has 5 heteroatoms. The Bertz CT molecular complexity index is 713. The topological polar surface area (TPSA) is 63.5 Å². The van der Waals surface area contributed by atoms with Crippen LogP contribution in [0.4, 0.5) is 0 Å². The molecule has 0 spiro atoms. The molecule has 1 saturated carbocycles. The summed E-state index contributed by atoms with van der Waals surface area (Å²) in [4.78, 5) is 24.0. The van der Waals surface area contributed by atoms with E-state index in [-0.39, 0.29) is 10.8 Å². The summed E-state index contributed by atoms with van der Waals surface area (Å²) >= 11 is 0. The van der Waals surface area contributed by atoms with E-state index in [0.29, 0.717) is 13.0 Å². The van der Waals surface area contributed by atoms with E-state index >= 15 is 0 Å². The number of carbonyl (C=O) groups excluding carboxylic acids is 1. The van der Waals surface area contributed by atoms with Crippen LogP contribution < -0.4 is 0 Å². The third-order valence-corrected chi connectivity index (χ3v) is 4.20. The SMILES string of the molecule is CN(Cc1ccc(-c2ccccc2)cc1)C(=O)[C@@H]1C[C@@H]1[N+](=O)[O-]. The van der Waals surface area contributed by atoms with Crippen LogP contribution in [0.3, 0.4) is 0 Å². The molecule has 23 heavy (non-hydrogen) atoms. The van der Waals surface area contributed by atoms with Gasteiger partial charge in [0.25, 0.3) is 0 Å². The average Bonchev–Trinajstić information content (AvgIpc) is 3.36. The van der Waals surface area contributed by atoms with Gasteiger partial charge in [-0.2, -0.15) is 0 Å². The lowest BCUT2D eigenvalue weighted by molar-refractivity contribution is -0.497. The number of nitrogens with zero attached hydrogens (tertiary/aromatic N) is 2. The maximum atomic E-state index is 12.1. The Hall–Kier alpha value is -2.69. The van der Waals surface area contributed by atoms with Gasteiger partial charge in [-0.1, -0.05) is 54.6 Å². The van der Waals surface area contributed by atoms with Crippen LogP contribution >= 0.6 is 0 Å². The standard InChI is InChI=1S/C18H18N2O3/c1-19(18(21)16-11-17(16)20(22)23)12-13-7-9-15(10-8-13)14-5-3-2-4-6-14/h2-10,16-17H,11-12H2,1H3/t16-,17+/m1/s1. The van der Waals surface area contributed by atoms with Crippen molar-refractivity contribution in [3.8, 4) is 11.1 Å². The molecule has 0 bridgehead atoms. The number of hydrogen-bond acceptors (Lipinski definition) is 3. The van der Waals surface area contributed by atoms with Crippen molar-refractivity contribution >= 4 is 5.91 Å². The molecule has 0 aliphatic heterocycles. The summed E-state index contributed by atoms with van der Waals surface area (Å²) in [5.74, 6) is -0.586. The predicted octanol–water partition coefficient (Wildman–Crippen LogP) is 2.98. The van der Waals surface area contributed by atoms with Crippen molar-refractivity contribution in [2.24, 2.45) is 5.92 Å². The first kappa shape index (κ1) is 15.2. The Kier molecular flexibility index (Phi) is 4.10. The molecule has 0 saturated heterocycles. The molecular weight excluding hydrogens is 292 g/mol. The molecule has 0 radical (unpaired) electrons. The quantitative estimate of drug-likeness (QED) is 0.630. The molecule has 1 fully saturated rings. The van der Waals surface area contributed by atoms with E-state index < -0.39 is 12.0 Å². The minimum atomic E-state index is -0.689. The van der Waals surface area contributed by atoms with Crippen molar-refractivity contribution in [2.75, 3.05) is 7.05 Å². The van der Waals surface area contributed by atoms with Crippen molar-refractivity contribution in [2.45, 2.75) is 19.0 Å². The Morgan fingerprint density at radius 3 is 2.30 bits per heavy atom. The molecule has 0 heterocycles. The van der Waals surface area contributed by atoms with Crippen LogP contribution in [0, 0.1) is 16.0 Å². The van der Waals surface area contributed by atoms with Gasteiger partial charge in [0.1, 0.15) is 5.92 Å². The summed E-state index contributed by atoms with van der Waals surface area (Å²) in [5, 5.41) is 10.7. The number of carbonyl (C=O) groups is 1. The van der Waals surface area contributed by atoms with Crippen molar-refractivity contribution < 1.29 is 9.72 Å². The number of rotatable bonds is 5. The Morgan fingerprint density at radius 1 is 1.13 bits per heavy atom. The Morgan fingerprint density at radius 2 is 1.74 bits per heavy atom. The normalized spacial score (nSPS) is 19.2. The van der Waals surface area contributed by atoms with Crippen molar-refractivity contribution in [3.05, 3.63) is 70.3 Å². The third kappa shape index (κ3) is 3.39. The maximum absolute atomic E-state index is 12.1. The molecule has 2 aromatic rings. The van der Waals surface area contributed by atoms with Gasteiger partial charge in [0.2, 0.25) is 11.9 Å². The highest BCUT2D eigenvalue weighted by Gasteiger charge is 2.54. The molecule has 3 rings (SSSR count). The monoisotopic (exact) mass is 310 g/mol. The van der Waals surface area contributed by atoms with Gasteiger partial charge >= 0.3 is 0 Å². The Labute approximate surface area is 134 Å². The van der Waals surface area contributed by atoms with E-state index in [2.05, 4.69) is 12.1 Å². The van der Waals surface area contributed by atoms with E-state index in [4.69, 9.17) is 0 Å². The van der Waals surface area contributed by atoms with Gasteiger partial charge in [0, 0.05) is 24.9 Å². The fourth-order valence-electron chi connectivity index (χ4n) is 2.75. The van der Waals surface area contributed by atoms with Gasteiger partial charge in [-0.15, -0.1) is 0 Å². The van der Waals surface area contributed by atoms with E-state index in [1.807, 2.05) is 42.5 Å². The fraction of sp³-hybridized carbons (Fsp3) is 0.278.